The summed E-state index contributed by atoms with van der Waals surface area (Å²) >= 11 is 0. The van der Waals surface area contributed by atoms with Gasteiger partial charge in [0.2, 0.25) is 0 Å². The van der Waals surface area contributed by atoms with Gasteiger partial charge in [0.25, 0.3) is 0 Å². The number of esters is 3. The molecular weight excluding hydrogens is 448 g/mol. The van der Waals surface area contributed by atoms with Crippen molar-refractivity contribution < 1.29 is 33.3 Å². The minimum Gasteiger partial charge on any atom is -0.459 e. The van der Waals surface area contributed by atoms with Crippen molar-refractivity contribution in [2.24, 2.45) is 0 Å². The van der Waals surface area contributed by atoms with Gasteiger partial charge in [-0.15, -0.1) is 0 Å². The summed E-state index contributed by atoms with van der Waals surface area (Å²) in [6, 6.07) is 25.3. The summed E-state index contributed by atoms with van der Waals surface area (Å²) < 4.78 is 22.8. The zero-order valence-corrected chi connectivity index (χ0v) is 18.9. The predicted octanol–water partition coefficient (Wildman–Crippen LogP) is 4.25. The van der Waals surface area contributed by atoms with E-state index < -0.39 is 35.7 Å². The van der Waals surface area contributed by atoms with E-state index in [-0.39, 0.29) is 13.2 Å². The maximum atomic E-state index is 12.9. The molecule has 0 bridgehead atoms. The van der Waals surface area contributed by atoms with Crippen LogP contribution < -0.4 is 0 Å². The van der Waals surface area contributed by atoms with E-state index in [1.807, 2.05) is 0 Å². The molecule has 3 atom stereocenters. The molecule has 0 spiro atoms. The second-order valence-corrected chi connectivity index (χ2v) is 7.92. The Morgan fingerprint density at radius 3 is 1.80 bits per heavy atom. The molecule has 0 radical (unpaired) electrons. The molecule has 1 heterocycles. The Morgan fingerprint density at radius 1 is 0.800 bits per heavy atom. The number of hydrogen-bond acceptors (Lipinski definition) is 7. The lowest BCUT2D eigenvalue weighted by atomic mass is 9.95. The van der Waals surface area contributed by atoms with Crippen molar-refractivity contribution >= 4 is 17.9 Å². The highest BCUT2D eigenvalue weighted by molar-refractivity contribution is 5.91. The van der Waals surface area contributed by atoms with Gasteiger partial charge in [-0.2, -0.15) is 0 Å². The first-order valence-corrected chi connectivity index (χ1v) is 11.0. The fraction of sp³-hybridized carbons (Fsp3) is 0.179. The summed E-state index contributed by atoms with van der Waals surface area (Å²) in [5.41, 5.74) is -0.484. The first kappa shape index (κ1) is 23.9. The third-order valence-corrected chi connectivity index (χ3v) is 5.61. The van der Waals surface area contributed by atoms with Crippen LogP contribution in [-0.2, 0) is 18.9 Å². The Balaban J connectivity index is 1.56. The molecule has 4 rings (SSSR count). The van der Waals surface area contributed by atoms with E-state index >= 15 is 0 Å². The Kier molecular flexibility index (Phi) is 7.38. The summed E-state index contributed by atoms with van der Waals surface area (Å²) in [6.45, 7) is 3.46. The molecular formula is C28H24O7. The number of ether oxygens (including phenoxy) is 4. The smallest absolute Gasteiger partial charge is 0.339 e. The molecule has 178 valence electrons. The lowest BCUT2D eigenvalue weighted by Gasteiger charge is -2.31. The summed E-state index contributed by atoms with van der Waals surface area (Å²) in [5.74, 6) is -1.82. The minimum atomic E-state index is -1.48. The van der Waals surface area contributed by atoms with Gasteiger partial charge in [-0.3, -0.25) is 0 Å². The lowest BCUT2D eigenvalue weighted by Crippen LogP contribution is -2.49. The molecule has 1 saturated heterocycles. The van der Waals surface area contributed by atoms with Crippen molar-refractivity contribution in [1.82, 2.24) is 0 Å². The number of carbonyl (C=O) groups excluding carboxylic acids is 3. The maximum absolute atomic E-state index is 12.9. The molecule has 1 aliphatic rings. The molecule has 0 unspecified atom stereocenters. The van der Waals surface area contributed by atoms with Gasteiger partial charge in [0.1, 0.15) is 12.7 Å². The van der Waals surface area contributed by atoms with Crippen LogP contribution in [0.4, 0.5) is 0 Å². The number of benzene rings is 3. The Hall–Kier alpha value is -4.23. The fourth-order valence-electron chi connectivity index (χ4n) is 3.72. The zero-order valence-electron chi connectivity index (χ0n) is 18.9. The predicted molar refractivity (Wildman–Crippen MR) is 127 cm³/mol. The Bertz CT molecular complexity index is 1180. The molecule has 0 aliphatic carbocycles. The van der Waals surface area contributed by atoms with Crippen molar-refractivity contribution in [2.45, 2.75) is 17.8 Å². The summed E-state index contributed by atoms with van der Waals surface area (Å²) in [4.78, 5) is 38.2. The third kappa shape index (κ3) is 5.47. The largest absolute Gasteiger partial charge is 0.459 e. The monoisotopic (exact) mass is 472 g/mol. The quantitative estimate of drug-likeness (QED) is 0.275. The molecule has 3 aromatic rings. The van der Waals surface area contributed by atoms with Crippen molar-refractivity contribution in [3.8, 4) is 0 Å². The average Bonchev–Trinajstić information content (AvgIpc) is 3.25. The van der Waals surface area contributed by atoms with E-state index in [4.69, 9.17) is 18.9 Å². The van der Waals surface area contributed by atoms with E-state index in [0.717, 1.165) is 0 Å². The van der Waals surface area contributed by atoms with Gasteiger partial charge >= 0.3 is 17.9 Å². The molecule has 1 fully saturated rings. The summed E-state index contributed by atoms with van der Waals surface area (Å²) in [5, 5.41) is 0. The number of carbonyl (C=O) groups is 3. The van der Waals surface area contributed by atoms with Gasteiger partial charge in [-0.25, -0.2) is 14.4 Å². The zero-order chi connectivity index (χ0) is 24.7. The summed E-state index contributed by atoms with van der Waals surface area (Å²) in [6.07, 6.45) is -0.615. The van der Waals surface area contributed by atoms with Crippen molar-refractivity contribution in [3.63, 3.8) is 0 Å². The first-order valence-electron chi connectivity index (χ1n) is 11.0. The van der Waals surface area contributed by atoms with E-state index in [0.29, 0.717) is 16.7 Å². The van der Waals surface area contributed by atoms with E-state index in [1.165, 1.54) is 6.08 Å². The van der Waals surface area contributed by atoms with E-state index in [1.54, 1.807) is 91.0 Å². The topological polar surface area (TPSA) is 88.1 Å². The molecule has 7 heteroatoms. The highest BCUT2D eigenvalue weighted by atomic mass is 16.7. The molecule has 0 amide bonds. The second-order valence-electron chi connectivity index (χ2n) is 7.92. The van der Waals surface area contributed by atoms with Crippen molar-refractivity contribution in [2.75, 3.05) is 13.2 Å². The van der Waals surface area contributed by atoms with Crippen LogP contribution in [0.25, 0.3) is 0 Å². The highest BCUT2D eigenvalue weighted by Gasteiger charge is 2.54. The van der Waals surface area contributed by atoms with Crippen molar-refractivity contribution in [3.05, 3.63) is 120 Å². The average molecular weight is 472 g/mol. The van der Waals surface area contributed by atoms with Crippen LogP contribution in [0.15, 0.2) is 104 Å². The minimum absolute atomic E-state index is 0.130. The highest BCUT2D eigenvalue weighted by Crippen LogP contribution is 2.34. The maximum Gasteiger partial charge on any atom is 0.339 e. The van der Waals surface area contributed by atoms with Gasteiger partial charge < -0.3 is 18.9 Å². The van der Waals surface area contributed by atoms with E-state index in [9.17, 15) is 14.4 Å². The van der Waals surface area contributed by atoms with E-state index in [2.05, 4.69) is 6.58 Å². The first-order chi connectivity index (χ1) is 17.0. The van der Waals surface area contributed by atoms with Gasteiger partial charge in [-0.05, 0) is 42.5 Å². The fourth-order valence-corrected chi connectivity index (χ4v) is 3.72. The van der Waals surface area contributed by atoms with Gasteiger partial charge in [-0.1, -0.05) is 61.2 Å². The normalized spacial score (nSPS) is 21.0. The Morgan fingerprint density at radius 2 is 1.29 bits per heavy atom. The van der Waals surface area contributed by atoms with Crippen molar-refractivity contribution in [1.29, 1.82) is 0 Å². The molecule has 1 aliphatic heterocycles. The molecule has 0 saturated carbocycles. The van der Waals surface area contributed by atoms with Gasteiger partial charge in [0.05, 0.1) is 23.3 Å². The van der Waals surface area contributed by atoms with Crippen LogP contribution in [0.1, 0.15) is 31.1 Å². The molecule has 0 aromatic heterocycles. The standard InChI is InChI=1S/C28H24O7/c1-2-28(35-27(31)22-16-10-5-11-17-22)19-33-23(18-32-25(29)20-12-6-3-7-13-20)24(28)34-26(30)21-14-8-4-9-15-21/h2-17,23-24H,1,18-19H2/t23-,24-,28+/m1/s1. The molecule has 35 heavy (non-hydrogen) atoms. The molecule has 0 N–H and O–H groups in total. The van der Waals surface area contributed by atoms with Crippen LogP contribution in [0.5, 0.6) is 0 Å². The summed E-state index contributed by atoms with van der Waals surface area (Å²) in [7, 11) is 0. The van der Waals surface area contributed by atoms with Gasteiger partial charge in [0, 0.05) is 0 Å². The number of hydrogen-bond donors (Lipinski definition) is 0. The van der Waals surface area contributed by atoms with Crippen LogP contribution in [0.2, 0.25) is 0 Å². The van der Waals surface area contributed by atoms with Crippen LogP contribution in [0, 0.1) is 0 Å². The third-order valence-electron chi connectivity index (χ3n) is 5.61. The second kappa shape index (κ2) is 10.8. The number of rotatable bonds is 8. The van der Waals surface area contributed by atoms with Crippen LogP contribution >= 0.6 is 0 Å². The SMILES string of the molecule is C=C[C@]1(OC(=O)c2ccccc2)CO[C@H](COC(=O)c2ccccc2)[C@H]1OC(=O)c1ccccc1. The van der Waals surface area contributed by atoms with Crippen LogP contribution in [-0.4, -0.2) is 48.9 Å². The Labute approximate surface area is 202 Å². The van der Waals surface area contributed by atoms with Gasteiger partial charge in [0.15, 0.2) is 11.7 Å². The molecule has 3 aromatic carbocycles. The lowest BCUT2D eigenvalue weighted by molar-refractivity contribution is -0.0639. The molecule has 7 nitrogen and oxygen atoms in total. The van der Waals surface area contributed by atoms with Crippen LogP contribution in [0.3, 0.4) is 0 Å².